The average Bonchev–Trinajstić information content (AvgIpc) is 2.36. The van der Waals surface area contributed by atoms with E-state index in [1.165, 1.54) is 38.5 Å². The molecule has 0 rings (SSSR count). The number of hydrogen-bond donors (Lipinski definition) is 0. The Bertz CT molecular complexity index is 330. The Balaban J connectivity index is 0. The van der Waals surface area contributed by atoms with Gasteiger partial charge in [0, 0.05) is 6.42 Å². The zero-order valence-corrected chi connectivity index (χ0v) is 12.8. The van der Waals surface area contributed by atoms with Crippen LogP contribution < -0.4 is 0 Å². The first kappa shape index (κ1) is 22.7. The summed E-state index contributed by atoms with van der Waals surface area (Å²) in [4.78, 5) is 11.1. The first-order valence-electron chi connectivity index (χ1n) is 7.04. The average molecular weight is 318 g/mol. The molecule has 0 unspecified atom stereocenters. The van der Waals surface area contributed by atoms with E-state index in [-0.39, 0.29) is 36.0 Å². The number of carbonyl (C=O) groups is 1. The van der Waals surface area contributed by atoms with E-state index in [0.29, 0.717) is 6.42 Å². The molecule has 0 aromatic carbocycles. The van der Waals surface area contributed by atoms with Gasteiger partial charge in [0.1, 0.15) is 0 Å². The Kier molecular flexibility index (Phi) is 16.2. The van der Waals surface area contributed by atoms with Crippen LogP contribution in [0, 0.1) is 0 Å². The van der Waals surface area contributed by atoms with E-state index in [1.807, 2.05) is 0 Å². The quantitative estimate of drug-likeness (QED) is 0.409. The van der Waals surface area contributed by atoms with Crippen LogP contribution in [0.25, 0.3) is 0 Å². The van der Waals surface area contributed by atoms with Crippen molar-refractivity contribution < 1.29 is 21.6 Å². The molecule has 0 bridgehead atoms. The molecule has 0 aromatic rings. The molecule has 0 saturated heterocycles. The van der Waals surface area contributed by atoms with Gasteiger partial charge in [0.05, 0.1) is 7.11 Å². The van der Waals surface area contributed by atoms with E-state index in [4.69, 9.17) is 0 Å². The normalized spacial score (nSPS) is 10.9. The Morgan fingerprint density at radius 2 is 1.35 bits per heavy atom. The third-order valence-corrected chi connectivity index (χ3v) is 3.68. The molecule has 0 radical (unpaired) electrons. The predicted octanol–water partition coefficient (Wildman–Crippen LogP) is 2.69. The summed E-state index contributed by atoms with van der Waals surface area (Å²) in [5, 5.41) is 0. The fourth-order valence-corrected chi connectivity index (χ4v) is 2.15. The molecule has 0 aliphatic carbocycles. The molecule has 0 aliphatic heterocycles. The number of unbranched alkanes of at least 4 members (excludes halogenated alkanes) is 8. The van der Waals surface area contributed by atoms with Crippen LogP contribution in [0.3, 0.4) is 0 Å². The number of carbonyl (C=O) groups excluding carboxylic acids is 1. The fraction of sp³-hybridized carbons (Fsp3) is 0.923. The topological polar surface area (TPSA) is 69.7 Å². The van der Waals surface area contributed by atoms with Gasteiger partial charge < -0.3 is 4.18 Å². The second-order valence-electron chi connectivity index (χ2n) is 4.61. The van der Waals surface area contributed by atoms with Gasteiger partial charge >= 0.3 is 45.9 Å². The summed E-state index contributed by atoms with van der Waals surface area (Å²) >= 11 is 0. The van der Waals surface area contributed by atoms with Crippen LogP contribution in [0.2, 0.25) is 0 Å². The molecule has 0 atom stereocenters. The van der Waals surface area contributed by atoms with Gasteiger partial charge in [-0.05, 0) is 6.42 Å². The molecule has 0 amide bonds. The van der Waals surface area contributed by atoms with Crippen molar-refractivity contribution in [1.82, 2.24) is 0 Å². The molecular weight excluding hydrogens is 291 g/mol. The van der Waals surface area contributed by atoms with Crippen LogP contribution in [0.1, 0.15) is 71.1 Å². The molecule has 5 nitrogen and oxygen atoms in total. The van der Waals surface area contributed by atoms with Crippen molar-refractivity contribution in [2.24, 2.45) is 0 Å². The van der Waals surface area contributed by atoms with Crippen molar-refractivity contribution in [2.75, 3.05) is 7.11 Å². The van der Waals surface area contributed by atoms with Gasteiger partial charge in [-0.1, -0.05) is 58.3 Å². The first-order valence-corrected chi connectivity index (χ1v) is 8.38. The number of hydrogen-bond acceptors (Lipinski definition) is 5. The molecule has 0 heterocycles. The molecule has 0 saturated carbocycles. The first-order chi connectivity index (χ1) is 9.02. The van der Waals surface area contributed by atoms with Crippen molar-refractivity contribution in [3.63, 3.8) is 0 Å². The van der Waals surface area contributed by atoms with E-state index in [2.05, 4.69) is 15.3 Å². The van der Waals surface area contributed by atoms with Crippen molar-refractivity contribution in [3.8, 4) is 0 Å². The van der Waals surface area contributed by atoms with E-state index in [0.717, 1.165) is 20.0 Å². The van der Waals surface area contributed by atoms with Crippen molar-refractivity contribution in [1.29, 1.82) is 0 Å². The Hall–Kier alpha value is 0.380. The van der Waals surface area contributed by atoms with Gasteiger partial charge in [-0.2, -0.15) is 8.42 Å². The Labute approximate surface area is 145 Å². The van der Waals surface area contributed by atoms with Crippen molar-refractivity contribution in [2.45, 2.75) is 71.1 Å². The fourth-order valence-electron chi connectivity index (χ4n) is 1.77. The standard InChI is InChI=1S/C13H26O5S.Na.H/c1-3-4-5-6-7-8-9-10-11-12-13(14)18-19(15,16)17-2;;/h3-12H2,1-2H3;;. The van der Waals surface area contributed by atoms with Gasteiger partial charge in [-0.15, -0.1) is 0 Å². The maximum atomic E-state index is 11.1. The van der Waals surface area contributed by atoms with Crippen LogP contribution in [0.15, 0.2) is 0 Å². The molecule has 0 N–H and O–H groups in total. The zero-order chi connectivity index (χ0) is 14.6. The van der Waals surface area contributed by atoms with E-state index < -0.39 is 16.4 Å². The van der Waals surface area contributed by atoms with Crippen molar-refractivity contribution >= 4 is 45.9 Å². The third kappa shape index (κ3) is 14.8. The number of rotatable bonds is 12. The third-order valence-electron chi connectivity index (χ3n) is 2.88. The maximum absolute atomic E-state index is 11.1. The molecule has 0 fully saturated rings. The van der Waals surface area contributed by atoms with Crippen LogP contribution in [0.4, 0.5) is 0 Å². The molecule has 116 valence electrons. The summed E-state index contributed by atoms with van der Waals surface area (Å²) < 4.78 is 29.8. The molecule has 0 aliphatic rings. The summed E-state index contributed by atoms with van der Waals surface area (Å²) in [6.07, 6.45) is 10.3. The van der Waals surface area contributed by atoms with Gasteiger partial charge in [0.15, 0.2) is 0 Å². The molecule has 7 heteroatoms. The Morgan fingerprint density at radius 1 is 0.900 bits per heavy atom. The minimum absolute atomic E-state index is 0. The molecular formula is C13H27NaO5S. The zero-order valence-electron chi connectivity index (χ0n) is 12.0. The molecule has 0 spiro atoms. The van der Waals surface area contributed by atoms with Crippen LogP contribution in [-0.4, -0.2) is 51.1 Å². The summed E-state index contributed by atoms with van der Waals surface area (Å²) in [7, 11) is -3.17. The van der Waals surface area contributed by atoms with E-state index in [1.54, 1.807) is 0 Å². The second-order valence-corrected chi connectivity index (χ2v) is 5.93. The monoisotopic (exact) mass is 318 g/mol. The van der Waals surface area contributed by atoms with Crippen LogP contribution in [-0.2, 0) is 23.6 Å². The predicted molar refractivity (Wildman–Crippen MR) is 81.0 cm³/mol. The Morgan fingerprint density at radius 3 is 1.80 bits per heavy atom. The van der Waals surface area contributed by atoms with Gasteiger partial charge in [-0.25, -0.2) is 4.18 Å². The summed E-state index contributed by atoms with van der Waals surface area (Å²) in [6.45, 7) is 2.20. The van der Waals surface area contributed by atoms with Crippen LogP contribution in [0.5, 0.6) is 0 Å². The summed E-state index contributed by atoms with van der Waals surface area (Å²) in [5.74, 6) is -0.746. The molecule has 20 heavy (non-hydrogen) atoms. The molecule has 0 aromatic heterocycles. The summed E-state index contributed by atoms with van der Waals surface area (Å²) in [6, 6.07) is 0. The second kappa shape index (κ2) is 14.3. The van der Waals surface area contributed by atoms with Gasteiger partial charge in [0.25, 0.3) is 0 Å². The summed E-state index contributed by atoms with van der Waals surface area (Å²) in [5.41, 5.74) is 0. The van der Waals surface area contributed by atoms with E-state index in [9.17, 15) is 13.2 Å². The van der Waals surface area contributed by atoms with Gasteiger partial charge in [-0.3, -0.25) is 4.79 Å². The minimum atomic E-state index is -4.13. The van der Waals surface area contributed by atoms with Gasteiger partial charge in [0.2, 0.25) is 0 Å². The van der Waals surface area contributed by atoms with Crippen LogP contribution >= 0.6 is 0 Å². The van der Waals surface area contributed by atoms with E-state index >= 15 is 0 Å². The SMILES string of the molecule is CCCCCCCCCCCC(=O)OS(=O)(=O)OC.[NaH]. The van der Waals surface area contributed by atoms with Crippen molar-refractivity contribution in [3.05, 3.63) is 0 Å².